The molecule has 3 fully saturated rings. The highest BCUT2D eigenvalue weighted by Gasteiger charge is 2.46. The van der Waals surface area contributed by atoms with Gasteiger partial charge in [-0.1, -0.05) is 0 Å². The Bertz CT molecular complexity index is 740. The van der Waals surface area contributed by atoms with Gasteiger partial charge in [-0.3, -0.25) is 10.1 Å². The largest absolute Gasteiger partial charge is 0.465 e. The maximum absolute atomic E-state index is 11.8. The Kier molecular flexibility index (Phi) is 5.63. The summed E-state index contributed by atoms with van der Waals surface area (Å²) in [6.45, 7) is 4.51. The maximum atomic E-state index is 11.8. The summed E-state index contributed by atoms with van der Waals surface area (Å²) in [7, 11) is 0. The number of likely N-dealkylation sites (tertiary alicyclic amines) is 1. The van der Waals surface area contributed by atoms with Crippen molar-refractivity contribution in [2.75, 3.05) is 37.6 Å². The molecule has 1 aromatic carbocycles. The number of nitro benzene ring substituents is 1. The average Bonchev–Trinajstić information content (AvgIpc) is 3.07. The molecule has 3 aliphatic heterocycles. The van der Waals surface area contributed by atoms with Crippen LogP contribution >= 0.6 is 0 Å². The molecule has 3 saturated heterocycles. The van der Waals surface area contributed by atoms with Crippen molar-refractivity contribution in [2.24, 2.45) is 11.3 Å². The number of piperidine rings is 2. The molecule has 0 aliphatic carbocycles. The minimum absolute atomic E-state index is 0.116. The highest BCUT2D eigenvalue weighted by Crippen LogP contribution is 2.44. The molecule has 4 rings (SSSR count). The van der Waals surface area contributed by atoms with Crippen molar-refractivity contribution in [1.82, 2.24) is 10.2 Å². The molecular formula is C21H30N4O4. The minimum Gasteiger partial charge on any atom is -0.465 e. The van der Waals surface area contributed by atoms with Gasteiger partial charge < -0.3 is 20.2 Å². The van der Waals surface area contributed by atoms with Gasteiger partial charge in [0.2, 0.25) is 0 Å². The van der Waals surface area contributed by atoms with E-state index in [1.165, 1.54) is 0 Å². The monoisotopic (exact) mass is 402 g/mol. The van der Waals surface area contributed by atoms with Crippen LogP contribution in [0.3, 0.4) is 0 Å². The molecule has 29 heavy (non-hydrogen) atoms. The number of benzene rings is 1. The van der Waals surface area contributed by atoms with Crippen molar-refractivity contribution in [3.05, 3.63) is 34.4 Å². The Morgan fingerprint density at radius 2 is 1.86 bits per heavy atom. The highest BCUT2D eigenvalue weighted by molar-refractivity contribution is 5.66. The van der Waals surface area contributed by atoms with Gasteiger partial charge in [-0.25, -0.2) is 4.79 Å². The average molecular weight is 402 g/mol. The van der Waals surface area contributed by atoms with E-state index in [4.69, 9.17) is 0 Å². The number of nitrogens with one attached hydrogen (secondary N) is 1. The van der Waals surface area contributed by atoms with Crippen LogP contribution in [-0.2, 0) is 0 Å². The number of carbonyl (C=O) groups is 1. The Morgan fingerprint density at radius 1 is 1.21 bits per heavy atom. The number of amides is 1. The summed E-state index contributed by atoms with van der Waals surface area (Å²) in [6, 6.07) is 6.90. The Hall–Kier alpha value is -2.35. The number of hydrogen-bond donors (Lipinski definition) is 2. The molecular weight excluding hydrogens is 372 g/mol. The van der Waals surface area contributed by atoms with E-state index in [0.29, 0.717) is 12.5 Å². The maximum Gasteiger partial charge on any atom is 0.407 e. The zero-order valence-electron chi connectivity index (χ0n) is 16.8. The third-order valence-corrected chi connectivity index (χ3v) is 7.17. The van der Waals surface area contributed by atoms with Gasteiger partial charge in [0, 0.05) is 43.5 Å². The number of rotatable bonds is 4. The molecule has 1 spiro atoms. The van der Waals surface area contributed by atoms with Crippen LogP contribution < -0.4 is 10.2 Å². The molecule has 0 radical (unpaired) electrons. The van der Waals surface area contributed by atoms with Gasteiger partial charge in [0.05, 0.1) is 4.92 Å². The van der Waals surface area contributed by atoms with Crippen molar-refractivity contribution in [3.8, 4) is 0 Å². The fourth-order valence-electron chi connectivity index (χ4n) is 5.52. The SMILES string of the molecule is O=C(O)N1CC2(CCNCC2)CC1CC1CCN(c2ccc([N+](=O)[O-])cc2)CC1. The summed E-state index contributed by atoms with van der Waals surface area (Å²) >= 11 is 0. The predicted octanol–water partition coefficient (Wildman–Crippen LogP) is 3.32. The standard InChI is InChI=1S/C21H30N4O4/c26-20(27)24-15-21(7-9-22-10-8-21)14-19(24)13-16-5-11-23(12-6-16)17-1-3-18(4-2-17)25(28)29/h1-4,16,19,22H,5-15H2,(H,26,27). The fourth-order valence-corrected chi connectivity index (χ4v) is 5.52. The summed E-state index contributed by atoms with van der Waals surface area (Å²) in [5.41, 5.74) is 1.31. The summed E-state index contributed by atoms with van der Waals surface area (Å²) in [4.78, 5) is 26.3. The third-order valence-electron chi connectivity index (χ3n) is 7.17. The number of nitrogens with zero attached hydrogens (tertiary/aromatic N) is 3. The summed E-state index contributed by atoms with van der Waals surface area (Å²) in [6.07, 6.45) is 5.41. The second-order valence-electron chi connectivity index (χ2n) is 8.96. The van der Waals surface area contributed by atoms with Crippen molar-refractivity contribution >= 4 is 17.5 Å². The number of non-ortho nitro benzene ring substituents is 1. The zero-order chi connectivity index (χ0) is 20.4. The molecule has 1 aromatic rings. The first kappa shape index (κ1) is 19.9. The van der Waals surface area contributed by atoms with Crippen molar-refractivity contribution < 1.29 is 14.8 Å². The molecule has 3 aliphatic rings. The van der Waals surface area contributed by atoms with Crippen molar-refractivity contribution in [2.45, 2.75) is 44.6 Å². The molecule has 3 heterocycles. The van der Waals surface area contributed by atoms with Crippen molar-refractivity contribution in [3.63, 3.8) is 0 Å². The first-order valence-corrected chi connectivity index (χ1v) is 10.7. The second kappa shape index (κ2) is 8.18. The van der Waals surface area contributed by atoms with Gasteiger partial charge in [-0.15, -0.1) is 0 Å². The fraction of sp³-hybridized carbons (Fsp3) is 0.667. The number of carboxylic acid groups (broad SMARTS) is 1. The predicted molar refractivity (Wildman–Crippen MR) is 110 cm³/mol. The van der Waals surface area contributed by atoms with E-state index in [1.807, 2.05) is 12.1 Å². The van der Waals surface area contributed by atoms with E-state index in [2.05, 4.69) is 10.2 Å². The summed E-state index contributed by atoms with van der Waals surface area (Å²) < 4.78 is 0. The van der Waals surface area contributed by atoms with E-state index in [0.717, 1.165) is 70.4 Å². The quantitative estimate of drug-likeness (QED) is 0.592. The molecule has 0 bridgehead atoms. The first-order valence-electron chi connectivity index (χ1n) is 10.7. The van der Waals surface area contributed by atoms with Gasteiger partial charge in [-0.2, -0.15) is 0 Å². The van der Waals surface area contributed by atoms with Crippen LogP contribution in [-0.4, -0.2) is 59.8 Å². The van der Waals surface area contributed by atoms with Gasteiger partial charge in [0.15, 0.2) is 0 Å². The third kappa shape index (κ3) is 4.32. The van der Waals surface area contributed by atoms with Crippen LogP contribution in [0.4, 0.5) is 16.2 Å². The lowest BCUT2D eigenvalue weighted by molar-refractivity contribution is -0.384. The topological polar surface area (TPSA) is 99.0 Å². The molecule has 158 valence electrons. The highest BCUT2D eigenvalue weighted by atomic mass is 16.6. The Balaban J connectivity index is 1.33. The van der Waals surface area contributed by atoms with E-state index in [-0.39, 0.29) is 22.1 Å². The molecule has 0 aromatic heterocycles. The van der Waals surface area contributed by atoms with Crippen LogP contribution in [0, 0.1) is 21.4 Å². The molecule has 8 heteroatoms. The Morgan fingerprint density at radius 3 is 2.45 bits per heavy atom. The smallest absolute Gasteiger partial charge is 0.407 e. The lowest BCUT2D eigenvalue weighted by atomic mass is 9.76. The molecule has 0 saturated carbocycles. The number of hydrogen-bond acceptors (Lipinski definition) is 5. The van der Waals surface area contributed by atoms with E-state index < -0.39 is 6.09 Å². The van der Waals surface area contributed by atoms with Gasteiger partial charge in [0.1, 0.15) is 0 Å². The first-order chi connectivity index (χ1) is 14.0. The van der Waals surface area contributed by atoms with Crippen LogP contribution in [0.2, 0.25) is 0 Å². The van der Waals surface area contributed by atoms with Crippen molar-refractivity contribution in [1.29, 1.82) is 0 Å². The minimum atomic E-state index is -0.770. The zero-order valence-corrected chi connectivity index (χ0v) is 16.8. The molecule has 1 atom stereocenters. The van der Waals surface area contributed by atoms with Gasteiger partial charge in [0.25, 0.3) is 5.69 Å². The van der Waals surface area contributed by atoms with E-state index in [1.54, 1.807) is 17.0 Å². The number of nitro groups is 1. The lowest BCUT2D eigenvalue weighted by Gasteiger charge is -2.35. The second-order valence-corrected chi connectivity index (χ2v) is 8.96. The lowest BCUT2D eigenvalue weighted by Crippen LogP contribution is -2.40. The van der Waals surface area contributed by atoms with Crippen LogP contribution in [0.25, 0.3) is 0 Å². The van der Waals surface area contributed by atoms with Gasteiger partial charge in [-0.05, 0) is 75.1 Å². The number of anilines is 1. The van der Waals surface area contributed by atoms with Gasteiger partial charge >= 0.3 is 6.09 Å². The normalized spacial score (nSPS) is 24.8. The van der Waals surface area contributed by atoms with E-state index >= 15 is 0 Å². The molecule has 1 amide bonds. The molecule has 8 nitrogen and oxygen atoms in total. The molecule has 2 N–H and O–H groups in total. The summed E-state index contributed by atoms with van der Waals surface area (Å²) in [5, 5.41) is 24.0. The Labute approximate surface area is 171 Å². The van der Waals surface area contributed by atoms with Crippen LogP contribution in [0.15, 0.2) is 24.3 Å². The summed E-state index contributed by atoms with van der Waals surface area (Å²) in [5.74, 6) is 0.535. The van der Waals surface area contributed by atoms with Crippen LogP contribution in [0.1, 0.15) is 38.5 Å². The molecule has 1 unspecified atom stereocenters. The van der Waals surface area contributed by atoms with Crippen LogP contribution in [0.5, 0.6) is 0 Å². The van der Waals surface area contributed by atoms with E-state index in [9.17, 15) is 20.0 Å².